The maximum absolute atomic E-state index is 5.47. The monoisotopic (exact) mass is 190 g/mol. The largest absolute Gasteiger partial charge is 0.373 e. The van der Waals surface area contributed by atoms with Gasteiger partial charge < -0.3 is 9.26 Å². The zero-order valence-electron chi connectivity index (χ0n) is 7.24. The third kappa shape index (κ3) is 1.95. The maximum Gasteiger partial charge on any atom is 0.320 e. The average Bonchev–Trinajstić information content (AvgIpc) is 2.37. The second-order valence-electron chi connectivity index (χ2n) is 2.81. The standard InChI is InChI=1S/C7H11ClN2O2/c1-4(2)5(11-3)6-9-7(8)12-10-6/h4-5H,1-3H3. The Labute approximate surface area is 75.9 Å². The lowest BCUT2D eigenvalue weighted by Gasteiger charge is -2.14. The van der Waals surface area contributed by atoms with Gasteiger partial charge in [-0.2, -0.15) is 4.98 Å². The maximum atomic E-state index is 5.47. The van der Waals surface area contributed by atoms with Gasteiger partial charge in [-0.3, -0.25) is 0 Å². The first kappa shape index (κ1) is 9.48. The minimum absolute atomic E-state index is 0.0488. The quantitative estimate of drug-likeness (QED) is 0.732. The number of nitrogens with zero attached hydrogens (tertiary/aromatic N) is 2. The van der Waals surface area contributed by atoms with Gasteiger partial charge in [-0.15, -0.1) is 0 Å². The van der Waals surface area contributed by atoms with Gasteiger partial charge in [0.25, 0.3) is 0 Å². The van der Waals surface area contributed by atoms with Crippen LogP contribution in [0.25, 0.3) is 0 Å². The van der Waals surface area contributed by atoms with Crippen molar-refractivity contribution in [1.29, 1.82) is 0 Å². The van der Waals surface area contributed by atoms with E-state index in [1.165, 1.54) is 0 Å². The zero-order chi connectivity index (χ0) is 9.14. The molecule has 1 unspecified atom stereocenters. The number of hydrogen-bond donors (Lipinski definition) is 0. The van der Waals surface area contributed by atoms with Gasteiger partial charge in [0.2, 0.25) is 5.82 Å². The summed E-state index contributed by atoms with van der Waals surface area (Å²) in [4.78, 5) is 3.87. The predicted molar refractivity (Wildman–Crippen MR) is 43.9 cm³/mol. The van der Waals surface area contributed by atoms with E-state index in [1.54, 1.807) is 7.11 Å². The van der Waals surface area contributed by atoms with Crippen molar-refractivity contribution in [3.63, 3.8) is 0 Å². The second kappa shape index (κ2) is 3.87. The van der Waals surface area contributed by atoms with Crippen LogP contribution in [-0.2, 0) is 4.74 Å². The Bertz CT molecular complexity index is 249. The summed E-state index contributed by atoms with van der Waals surface area (Å²) < 4.78 is 9.79. The molecule has 0 aliphatic rings. The highest BCUT2D eigenvalue weighted by Gasteiger charge is 2.20. The number of hydrogen-bond acceptors (Lipinski definition) is 4. The van der Waals surface area contributed by atoms with Crippen LogP contribution < -0.4 is 0 Å². The Hall–Kier alpha value is -0.610. The molecule has 0 fully saturated rings. The van der Waals surface area contributed by atoms with Gasteiger partial charge in [0.1, 0.15) is 6.10 Å². The molecule has 1 rings (SSSR count). The fourth-order valence-corrected chi connectivity index (χ4v) is 1.13. The molecule has 0 spiro atoms. The van der Waals surface area contributed by atoms with Crippen LogP contribution in [0.1, 0.15) is 25.8 Å². The molecule has 0 aliphatic heterocycles. The van der Waals surface area contributed by atoms with Crippen LogP contribution in [0.3, 0.4) is 0 Å². The first-order chi connectivity index (χ1) is 5.65. The molecule has 4 nitrogen and oxygen atoms in total. The van der Waals surface area contributed by atoms with Gasteiger partial charge in [-0.25, -0.2) is 0 Å². The highest BCUT2D eigenvalue weighted by Crippen LogP contribution is 2.22. The molecule has 0 radical (unpaired) electrons. The van der Waals surface area contributed by atoms with E-state index < -0.39 is 0 Å². The number of halogens is 1. The Morgan fingerprint density at radius 1 is 1.50 bits per heavy atom. The summed E-state index contributed by atoms with van der Waals surface area (Å²) in [6.07, 6.45) is -0.152. The molecular formula is C7H11ClN2O2. The zero-order valence-corrected chi connectivity index (χ0v) is 8.00. The first-order valence-corrected chi connectivity index (χ1v) is 4.05. The van der Waals surface area contributed by atoms with E-state index in [4.69, 9.17) is 16.3 Å². The molecule has 0 amide bonds. The van der Waals surface area contributed by atoms with Crippen molar-refractivity contribution < 1.29 is 9.26 Å². The second-order valence-corrected chi connectivity index (χ2v) is 3.13. The van der Waals surface area contributed by atoms with Gasteiger partial charge in [-0.1, -0.05) is 19.0 Å². The number of ether oxygens (including phenoxy) is 1. The third-order valence-electron chi connectivity index (χ3n) is 1.53. The van der Waals surface area contributed by atoms with E-state index in [0.717, 1.165) is 0 Å². The van der Waals surface area contributed by atoms with Gasteiger partial charge in [0.05, 0.1) is 0 Å². The predicted octanol–water partition coefficient (Wildman–Crippen LogP) is 2.07. The highest BCUT2D eigenvalue weighted by atomic mass is 35.5. The van der Waals surface area contributed by atoms with Crippen LogP contribution in [0.4, 0.5) is 0 Å². The van der Waals surface area contributed by atoms with E-state index in [2.05, 4.69) is 14.7 Å². The van der Waals surface area contributed by atoms with Gasteiger partial charge in [0, 0.05) is 7.11 Å². The summed E-state index contributed by atoms with van der Waals surface area (Å²) in [5.74, 6) is 0.793. The van der Waals surface area contributed by atoms with Crippen molar-refractivity contribution in [1.82, 2.24) is 10.1 Å². The number of rotatable bonds is 3. The summed E-state index contributed by atoms with van der Waals surface area (Å²) >= 11 is 5.47. The highest BCUT2D eigenvalue weighted by molar-refractivity contribution is 6.27. The lowest BCUT2D eigenvalue weighted by Crippen LogP contribution is -2.10. The van der Waals surface area contributed by atoms with Crippen molar-refractivity contribution in [2.75, 3.05) is 7.11 Å². The molecule has 12 heavy (non-hydrogen) atoms. The Morgan fingerprint density at radius 3 is 2.50 bits per heavy atom. The Balaban J connectivity index is 2.80. The van der Waals surface area contributed by atoms with Gasteiger partial charge in [-0.05, 0) is 17.5 Å². The minimum Gasteiger partial charge on any atom is -0.373 e. The minimum atomic E-state index is -0.152. The fraction of sp³-hybridized carbons (Fsp3) is 0.714. The van der Waals surface area contributed by atoms with E-state index >= 15 is 0 Å². The van der Waals surface area contributed by atoms with E-state index in [-0.39, 0.29) is 11.5 Å². The molecule has 1 atom stereocenters. The topological polar surface area (TPSA) is 48.2 Å². The lowest BCUT2D eigenvalue weighted by atomic mass is 10.1. The summed E-state index contributed by atoms with van der Waals surface area (Å²) in [7, 11) is 1.61. The van der Waals surface area contributed by atoms with Crippen LogP contribution in [0.15, 0.2) is 4.52 Å². The lowest BCUT2D eigenvalue weighted by molar-refractivity contribution is 0.0556. The average molecular weight is 191 g/mol. The van der Waals surface area contributed by atoms with Crippen molar-refractivity contribution >= 4 is 11.6 Å². The van der Waals surface area contributed by atoms with Crippen LogP contribution in [0, 0.1) is 5.92 Å². The first-order valence-electron chi connectivity index (χ1n) is 3.67. The number of methoxy groups -OCH3 is 1. The molecule has 5 heteroatoms. The van der Waals surface area contributed by atoms with Crippen LogP contribution in [0.5, 0.6) is 0 Å². The number of aromatic nitrogens is 2. The Kier molecular flexibility index (Phi) is 3.05. The van der Waals surface area contributed by atoms with Crippen molar-refractivity contribution in [2.24, 2.45) is 5.92 Å². The molecule has 0 saturated carbocycles. The molecular weight excluding hydrogens is 180 g/mol. The van der Waals surface area contributed by atoms with E-state index in [0.29, 0.717) is 11.7 Å². The molecule has 0 bridgehead atoms. The molecule has 0 aliphatic carbocycles. The SMILES string of the molecule is COC(c1noc(Cl)n1)C(C)C. The molecule has 1 aromatic heterocycles. The van der Waals surface area contributed by atoms with Gasteiger partial charge >= 0.3 is 5.35 Å². The summed E-state index contributed by atoms with van der Waals surface area (Å²) in [6.45, 7) is 4.02. The summed E-state index contributed by atoms with van der Waals surface area (Å²) in [5.41, 5.74) is 0. The van der Waals surface area contributed by atoms with Crippen molar-refractivity contribution in [2.45, 2.75) is 20.0 Å². The summed E-state index contributed by atoms with van der Waals surface area (Å²) in [5, 5.41) is 3.71. The van der Waals surface area contributed by atoms with Crippen molar-refractivity contribution in [3.05, 3.63) is 11.2 Å². The summed E-state index contributed by atoms with van der Waals surface area (Å²) in [6, 6.07) is 0. The Morgan fingerprint density at radius 2 is 2.17 bits per heavy atom. The van der Waals surface area contributed by atoms with Gasteiger partial charge in [0.15, 0.2) is 0 Å². The van der Waals surface area contributed by atoms with E-state index in [9.17, 15) is 0 Å². The molecule has 0 saturated heterocycles. The smallest absolute Gasteiger partial charge is 0.320 e. The van der Waals surface area contributed by atoms with Crippen molar-refractivity contribution in [3.8, 4) is 0 Å². The molecule has 0 N–H and O–H groups in total. The van der Waals surface area contributed by atoms with Crippen LogP contribution >= 0.6 is 11.6 Å². The third-order valence-corrected chi connectivity index (χ3v) is 1.68. The molecule has 1 heterocycles. The normalized spacial score (nSPS) is 13.8. The molecule has 1 aromatic rings. The van der Waals surface area contributed by atoms with E-state index in [1.807, 2.05) is 13.8 Å². The fourth-order valence-electron chi connectivity index (χ4n) is 1.01. The van der Waals surface area contributed by atoms with Crippen LogP contribution in [0.2, 0.25) is 5.35 Å². The van der Waals surface area contributed by atoms with Crippen LogP contribution in [-0.4, -0.2) is 17.3 Å². The molecule has 68 valence electrons. The molecule has 0 aromatic carbocycles.